The van der Waals surface area contributed by atoms with Crippen LogP contribution in [-0.4, -0.2) is 62.4 Å². The standard InChI is InChI=1S/C17H20FN5O3S/c1-2-26-16(25)12-5-4-8-22(10-12)15(24)11-27-17-19-20-21-23(17)14-7-3-6-13(18)9-14/h3,6-7,9,12H,2,4-5,8,10-11H2,1H3/t12-/m1/s1. The Hall–Kier alpha value is -2.49. The fraction of sp³-hybridized carbons (Fsp3) is 0.471. The third-order valence-corrected chi connectivity index (χ3v) is 5.12. The number of likely N-dealkylation sites (tertiary alicyclic amines) is 1. The predicted molar refractivity (Wildman–Crippen MR) is 95.8 cm³/mol. The third-order valence-electron chi connectivity index (χ3n) is 4.21. The van der Waals surface area contributed by atoms with Gasteiger partial charge in [0.15, 0.2) is 0 Å². The SMILES string of the molecule is CCOC(=O)[C@@H]1CCCN(C(=O)CSc2nnnn2-c2cccc(F)c2)C1. The second kappa shape index (κ2) is 8.94. The Balaban J connectivity index is 1.60. The van der Waals surface area contributed by atoms with Crippen LogP contribution in [0, 0.1) is 11.7 Å². The molecule has 1 aromatic carbocycles. The maximum absolute atomic E-state index is 13.4. The Morgan fingerprint density at radius 2 is 2.26 bits per heavy atom. The van der Waals surface area contributed by atoms with Gasteiger partial charge in [-0.05, 0) is 48.4 Å². The fourth-order valence-electron chi connectivity index (χ4n) is 2.91. The molecule has 8 nitrogen and oxygen atoms in total. The molecule has 2 heterocycles. The number of carbonyl (C=O) groups is 2. The number of hydrogen-bond acceptors (Lipinski definition) is 7. The van der Waals surface area contributed by atoms with Crippen molar-refractivity contribution >= 4 is 23.6 Å². The van der Waals surface area contributed by atoms with Gasteiger partial charge in [0.05, 0.1) is 24.0 Å². The molecule has 1 fully saturated rings. The van der Waals surface area contributed by atoms with E-state index < -0.39 is 5.82 Å². The number of hydrogen-bond donors (Lipinski definition) is 0. The third kappa shape index (κ3) is 4.82. The number of halogens is 1. The van der Waals surface area contributed by atoms with Crippen LogP contribution in [0.3, 0.4) is 0 Å². The smallest absolute Gasteiger partial charge is 0.310 e. The van der Waals surface area contributed by atoms with Crippen molar-refractivity contribution in [1.82, 2.24) is 25.1 Å². The lowest BCUT2D eigenvalue weighted by molar-refractivity contribution is -0.151. The van der Waals surface area contributed by atoms with Crippen LogP contribution in [0.15, 0.2) is 29.4 Å². The molecule has 2 aromatic rings. The molecule has 0 spiro atoms. The first kappa shape index (κ1) is 19.3. The summed E-state index contributed by atoms with van der Waals surface area (Å²) < 4.78 is 19.9. The minimum Gasteiger partial charge on any atom is -0.466 e. The average molecular weight is 393 g/mol. The van der Waals surface area contributed by atoms with Crippen LogP contribution >= 0.6 is 11.8 Å². The number of ether oxygens (including phenoxy) is 1. The summed E-state index contributed by atoms with van der Waals surface area (Å²) in [5, 5.41) is 11.8. The lowest BCUT2D eigenvalue weighted by Gasteiger charge is -2.31. The van der Waals surface area contributed by atoms with Crippen molar-refractivity contribution in [3.05, 3.63) is 30.1 Å². The number of tetrazole rings is 1. The molecule has 0 unspecified atom stereocenters. The molecule has 10 heteroatoms. The first-order chi connectivity index (χ1) is 13.1. The largest absolute Gasteiger partial charge is 0.466 e. The number of rotatable bonds is 6. The molecule has 1 amide bonds. The van der Waals surface area contributed by atoms with Crippen LogP contribution in [0.4, 0.5) is 4.39 Å². The van der Waals surface area contributed by atoms with Crippen LogP contribution in [0.1, 0.15) is 19.8 Å². The highest BCUT2D eigenvalue weighted by Gasteiger charge is 2.29. The van der Waals surface area contributed by atoms with E-state index in [0.717, 1.165) is 12.8 Å². The predicted octanol–water partition coefficient (Wildman–Crippen LogP) is 1.70. The monoisotopic (exact) mass is 393 g/mol. The van der Waals surface area contributed by atoms with Gasteiger partial charge in [0.1, 0.15) is 5.82 Å². The number of piperidine rings is 1. The summed E-state index contributed by atoms with van der Waals surface area (Å²) in [6.45, 7) is 3.09. The van der Waals surface area contributed by atoms with Gasteiger partial charge >= 0.3 is 5.97 Å². The number of carbonyl (C=O) groups excluding carboxylic acids is 2. The fourth-order valence-corrected chi connectivity index (χ4v) is 3.71. The van der Waals surface area contributed by atoms with Crippen molar-refractivity contribution in [2.45, 2.75) is 24.9 Å². The molecule has 1 aromatic heterocycles. The lowest BCUT2D eigenvalue weighted by Crippen LogP contribution is -2.43. The Kier molecular flexibility index (Phi) is 6.38. The first-order valence-electron chi connectivity index (χ1n) is 8.70. The molecule has 144 valence electrons. The van der Waals surface area contributed by atoms with Crippen molar-refractivity contribution in [3.8, 4) is 5.69 Å². The minimum absolute atomic E-state index is 0.0946. The van der Waals surface area contributed by atoms with Gasteiger partial charge in [0, 0.05) is 13.1 Å². The molecule has 0 N–H and O–H groups in total. The number of thioether (sulfide) groups is 1. The number of esters is 1. The summed E-state index contributed by atoms with van der Waals surface area (Å²) in [6, 6.07) is 5.90. The Labute approximate surface area is 160 Å². The summed E-state index contributed by atoms with van der Waals surface area (Å²) >= 11 is 1.17. The average Bonchev–Trinajstić information content (AvgIpc) is 3.15. The van der Waals surface area contributed by atoms with E-state index >= 15 is 0 Å². The van der Waals surface area contributed by atoms with E-state index in [0.29, 0.717) is 30.5 Å². The van der Waals surface area contributed by atoms with Crippen molar-refractivity contribution in [1.29, 1.82) is 0 Å². The summed E-state index contributed by atoms with van der Waals surface area (Å²) in [4.78, 5) is 26.1. The van der Waals surface area contributed by atoms with Crippen LogP contribution in [0.2, 0.25) is 0 Å². The molecule has 0 aliphatic carbocycles. The molecule has 1 atom stereocenters. The number of benzene rings is 1. The van der Waals surface area contributed by atoms with Gasteiger partial charge < -0.3 is 9.64 Å². The maximum atomic E-state index is 13.4. The van der Waals surface area contributed by atoms with E-state index in [4.69, 9.17) is 4.74 Å². The van der Waals surface area contributed by atoms with Crippen molar-refractivity contribution < 1.29 is 18.7 Å². The number of amides is 1. The van der Waals surface area contributed by atoms with E-state index in [1.165, 1.54) is 28.6 Å². The van der Waals surface area contributed by atoms with Crippen molar-refractivity contribution in [2.24, 2.45) is 5.92 Å². The summed E-state index contributed by atoms with van der Waals surface area (Å²) in [5.74, 6) is -0.885. The molecule has 0 radical (unpaired) electrons. The molecule has 27 heavy (non-hydrogen) atoms. The van der Waals surface area contributed by atoms with Crippen LogP contribution in [-0.2, 0) is 14.3 Å². The number of nitrogens with zero attached hydrogens (tertiary/aromatic N) is 5. The van der Waals surface area contributed by atoms with Crippen molar-refractivity contribution in [3.63, 3.8) is 0 Å². The van der Waals surface area contributed by atoms with Crippen LogP contribution in [0.25, 0.3) is 5.69 Å². The quantitative estimate of drug-likeness (QED) is 0.545. The van der Waals surface area contributed by atoms with Crippen LogP contribution < -0.4 is 0 Å². The highest BCUT2D eigenvalue weighted by atomic mass is 32.2. The first-order valence-corrected chi connectivity index (χ1v) is 9.68. The lowest BCUT2D eigenvalue weighted by atomic mass is 9.98. The maximum Gasteiger partial charge on any atom is 0.310 e. The highest BCUT2D eigenvalue weighted by molar-refractivity contribution is 7.99. The minimum atomic E-state index is -0.395. The van der Waals surface area contributed by atoms with Gasteiger partial charge in [-0.15, -0.1) is 5.10 Å². The van der Waals surface area contributed by atoms with E-state index in [2.05, 4.69) is 15.5 Å². The van der Waals surface area contributed by atoms with Gasteiger partial charge in [0.25, 0.3) is 0 Å². The Bertz CT molecular complexity index is 815. The molecular formula is C17H20FN5O3S. The second-order valence-corrected chi connectivity index (χ2v) is 7.02. The van der Waals surface area contributed by atoms with E-state index in [9.17, 15) is 14.0 Å². The molecule has 3 rings (SSSR count). The molecular weight excluding hydrogens is 373 g/mol. The van der Waals surface area contributed by atoms with Gasteiger partial charge in [-0.3, -0.25) is 9.59 Å². The van der Waals surface area contributed by atoms with Gasteiger partial charge in [-0.2, -0.15) is 4.68 Å². The molecule has 1 saturated heterocycles. The Morgan fingerprint density at radius 3 is 3.04 bits per heavy atom. The zero-order valence-electron chi connectivity index (χ0n) is 14.9. The summed E-state index contributed by atoms with van der Waals surface area (Å²) in [5.41, 5.74) is 0.482. The molecule has 1 aliphatic rings. The number of aromatic nitrogens is 4. The Morgan fingerprint density at radius 1 is 1.41 bits per heavy atom. The van der Waals surface area contributed by atoms with Gasteiger partial charge in [-0.1, -0.05) is 17.8 Å². The zero-order valence-corrected chi connectivity index (χ0v) is 15.7. The topological polar surface area (TPSA) is 90.2 Å². The molecule has 1 aliphatic heterocycles. The molecule has 0 saturated carbocycles. The van der Waals surface area contributed by atoms with E-state index in [1.54, 1.807) is 24.0 Å². The van der Waals surface area contributed by atoms with E-state index in [-0.39, 0.29) is 23.5 Å². The highest BCUT2D eigenvalue weighted by Crippen LogP contribution is 2.22. The second-order valence-electron chi connectivity index (χ2n) is 6.07. The summed E-state index contributed by atoms with van der Waals surface area (Å²) in [7, 11) is 0. The van der Waals surface area contributed by atoms with E-state index in [1.807, 2.05) is 0 Å². The van der Waals surface area contributed by atoms with Crippen LogP contribution in [0.5, 0.6) is 0 Å². The zero-order chi connectivity index (χ0) is 19.2. The van der Waals surface area contributed by atoms with Gasteiger partial charge in [-0.25, -0.2) is 4.39 Å². The normalized spacial score (nSPS) is 17.0. The van der Waals surface area contributed by atoms with Crippen molar-refractivity contribution in [2.75, 3.05) is 25.4 Å². The van der Waals surface area contributed by atoms with Gasteiger partial charge in [0.2, 0.25) is 11.1 Å². The summed E-state index contributed by atoms with van der Waals surface area (Å²) in [6.07, 6.45) is 1.49. The molecule has 0 bridgehead atoms.